The molecule has 0 N–H and O–H groups in total. The van der Waals surface area contributed by atoms with Gasteiger partial charge in [0.1, 0.15) is 5.82 Å². The zero-order valence-electron chi connectivity index (χ0n) is 15.8. The van der Waals surface area contributed by atoms with Crippen molar-refractivity contribution in [3.05, 3.63) is 95.6 Å². The fraction of sp³-hybridized carbons (Fsp3) is 0.125. The average Bonchev–Trinajstić information content (AvgIpc) is 2.69. The van der Waals surface area contributed by atoms with Crippen LogP contribution in [0.1, 0.15) is 29.7 Å². The van der Waals surface area contributed by atoms with Gasteiger partial charge in [-0.15, -0.1) is 0 Å². The van der Waals surface area contributed by atoms with Crippen molar-refractivity contribution in [1.29, 1.82) is 0 Å². The number of benzene rings is 3. The number of hydrogen-bond donors (Lipinski definition) is 0. The van der Waals surface area contributed by atoms with Gasteiger partial charge in [0.2, 0.25) is 0 Å². The molecule has 4 aromatic rings. The third kappa shape index (κ3) is 3.24. The predicted molar refractivity (Wildman–Crippen MR) is 111 cm³/mol. The molecular weight excluding hydrogens is 330 g/mol. The Labute approximate surface area is 159 Å². The fourth-order valence-corrected chi connectivity index (χ4v) is 3.42. The topological polar surface area (TPSA) is 38.7 Å². The normalized spacial score (nSPS) is 11.7. The fourth-order valence-electron chi connectivity index (χ4n) is 3.42. The van der Waals surface area contributed by atoms with Gasteiger partial charge in [-0.3, -0.25) is 0 Å². The lowest BCUT2D eigenvalue weighted by atomic mass is 9.99. The summed E-state index contributed by atoms with van der Waals surface area (Å²) >= 11 is 0. The molecule has 0 spiro atoms. The molecule has 1 heterocycles. The summed E-state index contributed by atoms with van der Waals surface area (Å²) in [6, 6.07) is 22.9. The Morgan fingerprint density at radius 2 is 1.52 bits per heavy atom. The largest absolute Gasteiger partial charge is 0.213 e. The first-order valence-electron chi connectivity index (χ1n) is 9.11. The van der Waals surface area contributed by atoms with E-state index in [0.717, 1.165) is 27.9 Å². The van der Waals surface area contributed by atoms with Gasteiger partial charge in [0.25, 0.3) is 0 Å². The van der Waals surface area contributed by atoms with Crippen molar-refractivity contribution < 1.29 is 0 Å². The first-order valence-corrected chi connectivity index (χ1v) is 9.11. The van der Waals surface area contributed by atoms with E-state index >= 15 is 0 Å². The van der Waals surface area contributed by atoms with Crippen LogP contribution in [-0.2, 0) is 0 Å². The highest BCUT2D eigenvalue weighted by Crippen LogP contribution is 2.29. The first-order chi connectivity index (χ1) is 13.2. The van der Waals surface area contributed by atoms with Crippen molar-refractivity contribution in [2.45, 2.75) is 20.8 Å². The lowest BCUT2D eigenvalue weighted by Gasteiger charge is -2.12. The van der Waals surface area contributed by atoms with E-state index in [2.05, 4.69) is 59.4 Å². The van der Waals surface area contributed by atoms with E-state index in [4.69, 9.17) is 4.98 Å². The first kappa shape index (κ1) is 17.1. The number of nitrogens with zero attached hydrogens (tertiary/aromatic N) is 3. The maximum absolute atomic E-state index is 4.85. The minimum atomic E-state index is 0.710. The Hall–Kier alpha value is -3.33. The smallest absolute Gasteiger partial charge is 0.164 e. The molecule has 0 amide bonds. The second-order valence-corrected chi connectivity index (χ2v) is 6.57. The average molecular weight is 351 g/mol. The van der Waals surface area contributed by atoms with Gasteiger partial charge < -0.3 is 0 Å². The summed E-state index contributed by atoms with van der Waals surface area (Å²) < 4.78 is 0. The van der Waals surface area contributed by atoms with Gasteiger partial charge in [0.15, 0.2) is 11.6 Å². The van der Waals surface area contributed by atoms with Gasteiger partial charge in [-0.05, 0) is 42.7 Å². The summed E-state index contributed by atoms with van der Waals surface area (Å²) in [5.74, 6) is 2.14. The van der Waals surface area contributed by atoms with Crippen molar-refractivity contribution >= 4 is 16.3 Å². The van der Waals surface area contributed by atoms with Gasteiger partial charge in [0.05, 0.1) is 0 Å². The van der Waals surface area contributed by atoms with Gasteiger partial charge in [-0.1, -0.05) is 72.8 Å². The number of aromatic nitrogens is 3. The molecule has 0 saturated carbocycles. The lowest BCUT2D eigenvalue weighted by molar-refractivity contribution is 0.961. The van der Waals surface area contributed by atoms with Gasteiger partial charge >= 0.3 is 0 Å². The van der Waals surface area contributed by atoms with Crippen molar-refractivity contribution in [2.75, 3.05) is 0 Å². The molecule has 3 aromatic carbocycles. The van der Waals surface area contributed by atoms with Crippen LogP contribution in [-0.4, -0.2) is 15.0 Å². The third-order valence-electron chi connectivity index (χ3n) is 4.74. The molecule has 27 heavy (non-hydrogen) atoms. The number of aryl methyl sites for hydroxylation is 2. The molecule has 0 atom stereocenters. The van der Waals surface area contributed by atoms with Crippen molar-refractivity contribution in [3.63, 3.8) is 0 Å². The zero-order valence-corrected chi connectivity index (χ0v) is 15.8. The molecule has 0 saturated heterocycles. The van der Waals surface area contributed by atoms with Crippen LogP contribution in [0.3, 0.4) is 0 Å². The Kier molecular flexibility index (Phi) is 4.51. The SMILES string of the molecule is C/C=C(/c1nc(C)nc(-c2cccc3ccccc23)n1)c1ccccc1C. The molecule has 0 fully saturated rings. The summed E-state index contributed by atoms with van der Waals surface area (Å²) in [4.78, 5) is 14.1. The maximum Gasteiger partial charge on any atom is 0.164 e. The van der Waals surface area contributed by atoms with Crippen LogP contribution in [0.15, 0.2) is 72.8 Å². The minimum absolute atomic E-state index is 0.710. The molecule has 0 radical (unpaired) electrons. The van der Waals surface area contributed by atoms with Crippen LogP contribution in [0.5, 0.6) is 0 Å². The Morgan fingerprint density at radius 3 is 2.33 bits per heavy atom. The summed E-state index contributed by atoms with van der Waals surface area (Å²) in [6.07, 6.45) is 2.07. The Balaban J connectivity index is 1.91. The Morgan fingerprint density at radius 1 is 0.778 bits per heavy atom. The van der Waals surface area contributed by atoms with Crippen LogP contribution in [0.4, 0.5) is 0 Å². The van der Waals surface area contributed by atoms with Crippen molar-refractivity contribution in [2.24, 2.45) is 0 Å². The molecule has 132 valence electrons. The highest BCUT2D eigenvalue weighted by Gasteiger charge is 2.14. The van der Waals surface area contributed by atoms with Crippen LogP contribution in [0.2, 0.25) is 0 Å². The van der Waals surface area contributed by atoms with Crippen molar-refractivity contribution in [3.8, 4) is 11.4 Å². The van der Waals surface area contributed by atoms with E-state index in [1.165, 1.54) is 10.9 Å². The summed E-state index contributed by atoms with van der Waals surface area (Å²) in [5.41, 5.74) is 4.41. The molecule has 0 bridgehead atoms. The molecule has 0 aliphatic heterocycles. The predicted octanol–water partition coefficient (Wildman–Crippen LogP) is 5.76. The quantitative estimate of drug-likeness (QED) is 0.471. The molecule has 0 aliphatic carbocycles. The van der Waals surface area contributed by atoms with E-state index in [1.807, 2.05) is 44.2 Å². The molecule has 4 rings (SSSR count). The third-order valence-corrected chi connectivity index (χ3v) is 4.74. The monoisotopic (exact) mass is 351 g/mol. The van der Waals surface area contributed by atoms with E-state index in [0.29, 0.717) is 11.6 Å². The molecular formula is C24H21N3. The molecule has 1 aromatic heterocycles. The van der Waals surface area contributed by atoms with E-state index in [-0.39, 0.29) is 0 Å². The highest BCUT2D eigenvalue weighted by molar-refractivity contribution is 5.95. The van der Waals surface area contributed by atoms with E-state index in [9.17, 15) is 0 Å². The van der Waals surface area contributed by atoms with Crippen LogP contribution in [0, 0.1) is 13.8 Å². The summed E-state index contributed by atoms with van der Waals surface area (Å²) in [5, 5.41) is 2.33. The number of rotatable bonds is 3. The number of hydrogen-bond acceptors (Lipinski definition) is 3. The van der Waals surface area contributed by atoms with Crippen LogP contribution < -0.4 is 0 Å². The number of allylic oxidation sites excluding steroid dienone is 1. The zero-order chi connectivity index (χ0) is 18.8. The minimum Gasteiger partial charge on any atom is -0.213 e. The molecule has 3 nitrogen and oxygen atoms in total. The summed E-state index contributed by atoms with van der Waals surface area (Å²) in [7, 11) is 0. The van der Waals surface area contributed by atoms with E-state index in [1.54, 1.807) is 0 Å². The highest BCUT2D eigenvalue weighted by atomic mass is 15.0. The molecule has 0 unspecified atom stereocenters. The van der Waals surface area contributed by atoms with E-state index < -0.39 is 0 Å². The van der Waals surface area contributed by atoms with Gasteiger partial charge in [-0.25, -0.2) is 15.0 Å². The van der Waals surface area contributed by atoms with Crippen LogP contribution >= 0.6 is 0 Å². The summed E-state index contributed by atoms with van der Waals surface area (Å²) in [6.45, 7) is 6.06. The van der Waals surface area contributed by atoms with Crippen LogP contribution in [0.25, 0.3) is 27.7 Å². The van der Waals surface area contributed by atoms with Gasteiger partial charge in [0, 0.05) is 11.1 Å². The molecule has 3 heteroatoms. The van der Waals surface area contributed by atoms with Crippen molar-refractivity contribution in [1.82, 2.24) is 15.0 Å². The second-order valence-electron chi connectivity index (χ2n) is 6.57. The maximum atomic E-state index is 4.85. The Bertz CT molecular complexity index is 1150. The lowest BCUT2D eigenvalue weighted by Crippen LogP contribution is -2.04. The number of fused-ring (bicyclic) bond motifs is 1. The van der Waals surface area contributed by atoms with Gasteiger partial charge in [-0.2, -0.15) is 0 Å². The second kappa shape index (κ2) is 7.12. The molecule has 0 aliphatic rings. The standard InChI is InChI=1S/C24H21N3/c1-4-19(20-13-7-5-10-16(20)2)23-25-17(3)26-24(27-23)22-15-9-12-18-11-6-8-14-21(18)22/h4-15H,1-3H3/b19-4+.